The lowest BCUT2D eigenvalue weighted by Gasteiger charge is -2.20. The molecule has 0 aliphatic heterocycles. The van der Waals surface area contributed by atoms with Crippen molar-refractivity contribution in [3.8, 4) is 0 Å². The molecular weight excluding hydrogens is 274 g/mol. The quantitative estimate of drug-likeness (QED) is 0.801. The second kappa shape index (κ2) is 7.06. The molecule has 0 heterocycles. The lowest BCUT2D eigenvalue weighted by atomic mass is 9.96. The van der Waals surface area contributed by atoms with Crippen molar-refractivity contribution in [3.05, 3.63) is 24.3 Å². The molecule has 0 bridgehead atoms. The molecule has 114 valence electrons. The number of benzene rings is 1. The van der Waals surface area contributed by atoms with Gasteiger partial charge in [-0.15, -0.1) is 0 Å². The van der Waals surface area contributed by atoms with Crippen molar-refractivity contribution in [1.29, 1.82) is 0 Å². The minimum atomic E-state index is -3.36. The van der Waals surface area contributed by atoms with Crippen LogP contribution >= 0.6 is 0 Å². The molecule has 1 atom stereocenters. The van der Waals surface area contributed by atoms with Crippen LogP contribution in [-0.2, 0) is 10.0 Å². The van der Waals surface area contributed by atoms with Gasteiger partial charge in [-0.1, -0.05) is 13.8 Å². The van der Waals surface area contributed by atoms with E-state index in [1.54, 1.807) is 24.3 Å². The third kappa shape index (κ3) is 4.19. The Labute approximate surface area is 122 Å². The molecule has 0 spiro atoms. The molecule has 0 aromatic heterocycles. The molecule has 6 heteroatoms. The first-order valence-corrected chi connectivity index (χ1v) is 8.19. The minimum absolute atomic E-state index is 0.298. The number of anilines is 1. The first-order valence-electron chi connectivity index (χ1n) is 6.75. The maximum absolute atomic E-state index is 11.9. The largest absolute Gasteiger partial charge is 0.385 e. The van der Waals surface area contributed by atoms with Gasteiger partial charge in [0.2, 0.25) is 10.0 Å². The zero-order chi connectivity index (χ0) is 15.3. The second-order valence-corrected chi connectivity index (χ2v) is 7.58. The third-order valence-electron chi connectivity index (χ3n) is 3.45. The summed E-state index contributed by atoms with van der Waals surface area (Å²) in [4.78, 5) is 0.298. The zero-order valence-electron chi connectivity index (χ0n) is 12.6. The van der Waals surface area contributed by atoms with Crippen LogP contribution in [0.5, 0.6) is 0 Å². The maximum Gasteiger partial charge on any atom is 0.242 e. The Kier molecular flexibility index (Phi) is 5.98. The van der Waals surface area contributed by atoms with Crippen molar-refractivity contribution >= 4 is 15.7 Å². The van der Waals surface area contributed by atoms with E-state index in [0.717, 1.165) is 12.2 Å². The summed E-state index contributed by atoms with van der Waals surface area (Å²) in [6, 6.07) is 6.80. The van der Waals surface area contributed by atoms with Gasteiger partial charge in [0, 0.05) is 26.3 Å². The van der Waals surface area contributed by atoms with Gasteiger partial charge >= 0.3 is 0 Å². The Balaban J connectivity index is 2.73. The molecule has 0 radical (unpaired) electrons. The highest BCUT2D eigenvalue weighted by Gasteiger charge is 2.16. The van der Waals surface area contributed by atoms with E-state index in [9.17, 15) is 8.42 Å². The van der Waals surface area contributed by atoms with Gasteiger partial charge in [0.05, 0.1) is 4.90 Å². The molecular formula is C14H25N3O2S. The van der Waals surface area contributed by atoms with Crippen LogP contribution in [0.4, 0.5) is 5.69 Å². The van der Waals surface area contributed by atoms with E-state index in [1.165, 1.54) is 18.4 Å². The van der Waals surface area contributed by atoms with E-state index < -0.39 is 10.0 Å². The highest BCUT2D eigenvalue weighted by molar-refractivity contribution is 7.89. The van der Waals surface area contributed by atoms with E-state index in [-0.39, 0.29) is 0 Å². The van der Waals surface area contributed by atoms with Crippen LogP contribution in [-0.4, -0.2) is 39.9 Å². The summed E-state index contributed by atoms with van der Waals surface area (Å²) in [7, 11) is -0.310. The molecule has 1 rings (SSSR count). The fourth-order valence-electron chi connectivity index (χ4n) is 1.80. The number of nitrogens with one attached hydrogen (secondary N) is 1. The smallest absolute Gasteiger partial charge is 0.242 e. The predicted molar refractivity (Wildman–Crippen MR) is 83.2 cm³/mol. The van der Waals surface area contributed by atoms with Crippen molar-refractivity contribution in [2.24, 2.45) is 17.6 Å². The van der Waals surface area contributed by atoms with Crippen LogP contribution in [0.2, 0.25) is 0 Å². The Morgan fingerprint density at radius 3 is 2.15 bits per heavy atom. The lowest BCUT2D eigenvalue weighted by molar-refractivity contribution is 0.413. The van der Waals surface area contributed by atoms with Crippen LogP contribution in [0.3, 0.4) is 0 Å². The number of nitrogens with two attached hydrogens (primary N) is 1. The summed E-state index contributed by atoms with van der Waals surface area (Å²) in [6.07, 6.45) is 0. The van der Waals surface area contributed by atoms with Crippen LogP contribution in [0.1, 0.15) is 13.8 Å². The minimum Gasteiger partial charge on any atom is -0.385 e. The first kappa shape index (κ1) is 16.9. The number of rotatable bonds is 7. The molecule has 1 unspecified atom stereocenters. The molecule has 0 saturated carbocycles. The molecule has 0 aliphatic carbocycles. The Hall–Kier alpha value is -1.11. The van der Waals surface area contributed by atoms with Crippen LogP contribution in [0.15, 0.2) is 29.2 Å². The molecule has 0 saturated heterocycles. The Bertz CT molecular complexity index is 510. The van der Waals surface area contributed by atoms with Crippen LogP contribution < -0.4 is 11.1 Å². The average molecular weight is 299 g/mol. The SMILES string of the molecule is CC(C)C(CN)CNc1ccc(S(=O)(=O)N(C)C)cc1. The highest BCUT2D eigenvalue weighted by atomic mass is 32.2. The number of hydrogen-bond acceptors (Lipinski definition) is 4. The van der Waals surface area contributed by atoms with Crippen LogP contribution in [0.25, 0.3) is 0 Å². The topological polar surface area (TPSA) is 75.4 Å². The summed E-state index contributed by atoms with van der Waals surface area (Å²) in [5.41, 5.74) is 6.63. The number of hydrogen-bond donors (Lipinski definition) is 2. The summed E-state index contributed by atoms with van der Waals surface area (Å²) in [5.74, 6) is 0.918. The summed E-state index contributed by atoms with van der Waals surface area (Å²) in [5, 5.41) is 3.30. The number of nitrogens with zero attached hydrogens (tertiary/aromatic N) is 1. The summed E-state index contributed by atoms with van der Waals surface area (Å²) >= 11 is 0. The van der Waals surface area contributed by atoms with Crippen molar-refractivity contribution < 1.29 is 8.42 Å². The summed E-state index contributed by atoms with van der Waals surface area (Å²) in [6.45, 7) is 5.71. The van der Waals surface area contributed by atoms with Gasteiger partial charge < -0.3 is 11.1 Å². The Morgan fingerprint density at radius 2 is 1.75 bits per heavy atom. The highest BCUT2D eigenvalue weighted by Crippen LogP contribution is 2.17. The van der Waals surface area contributed by atoms with Gasteiger partial charge in [-0.3, -0.25) is 0 Å². The van der Waals surface area contributed by atoms with E-state index >= 15 is 0 Å². The van der Waals surface area contributed by atoms with Gasteiger partial charge in [-0.25, -0.2) is 12.7 Å². The lowest BCUT2D eigenvalue weighted by Crippen LogP contribution is -2.27. The van der Waals surface area contributed by atoms with Crippen LogP contribution in [0, 0.1) is 11.8 Å². The summed E-state index contributed by atoms with van der Waals surface area (Å²) < 4.78 is 25.1. The van der Waals surface area contributed by atoms with Gasteiger partial charge in [-0.2, -0.15) is 0 Å². The van der Waals surface area contributed by atoms with Gasteiger partial charge in [0.25, 0.3) is 0 Å². The number of sulfonamides is 1. The molecule has 1 aromatic carbocycles. The molecule has 1 aromatic rings. The average Bonchev–Trinajstić information content (AvgIpc) is 2.39. The normalized spacial score (nSPS) is 13.8. The zero-order valence-corrected chi connectivity index (χ0v) is 13.4. The van der Waals surface area contributed by atoms with Crippen molar-refractivity contribution in [3.63, 3.8) is 0 Å². The van der Waals surface area contributed by atoms with Crippen molar-refractivity contribution in [1.82, 2.24) is 4.31 Å². The second-order valence-electron chi connectivity index (χ2n) is 5.43. The van der Waals surface area contributed by atoms with Gasteiger partial charge in [0.1, 0.15) is 0 Å². The van der Waals surface area contributed by atoms with Crippen molar-refractivity contribution in [2.75, 3.05) is 32.5 Å². The predicted octanol–water partition coefficient (Wildman–Crippen LogP) is 1.58. The van der Waals surface area contributed by atoms with Gasteiger partial charge in [0.15, 0.2) is 0 Å². The molecule has 0 amide bonds. The molecule has 5 nitrogen and oxygen atoms in total. The van der Waals surface area contributed by atoms with E-state index in [2.05, 4.69) is 19.2 Å². The van der Waals surface area contributed by atoms with Crippen molar-refractivity contribution in [2.45, 2.75) is 18.7 Å². The third-order valence-corrected chi connectivity index (χ3v) is 5.28. The molecule has 0 fully saturated rings. The van der Waals surface area contributed by atoms with E-state index in [0.29, 0.717) is 23.3 Å². The maximum atomic E-state index is 11.9. The van der Waals surface area contributed by atoms with E-state index in [1.807, 2.05) is 0 Å². The standard InChI is InChI=1S/C14H25N3O2S/c1-11(2)12(9-15)10-16-13-5-7-14(8-6-13)20(18,19)17(3)4/h5-8,11-12,16H,9-10,15H2,1-4H3. The van der Waals surface area contributed by atoms with E-state index in [4.69, 9.17) is 5.73 Å². The molecule has 0 aliphatic rings. The fraction of sp³-hybridized carbons (Fsp3) is 0.571. The molecule has 3 N–H and O–H groups in total. The Morgan fingerprint density at radius 1 is 1.20 bits per heavy atom. The van der Waals surface area contributed by atoms with Gasteiger partial charge in [-0.05, 0) is 42.6 Å². The monoisotopic (exact) mass is 299 g/mol. The molecule has 20 heavy (non-hydrogen) atoms. The fourth-order valence-corrected chi connectivity index (χ4v) is 2.70. The first-order chi connectivity index (χ1) is 9.28.